The number of ether oxygens (including phenoxy) is 1. The van der Waals surface area contributed by atoms with Gasteiger partial charge in [0.25, 0.3) is 5.91 Å². The summed E-state index contributed by atoms with van der Waals surface area (Å²) in [6.45, 7) is 2.97. The largest absolute Gasteiger partial charge is 0.452 e. The zero-order chi connectivity index (χ0) is 20.8. The van der Waals surface area contributed by atoms with Crippen LogP contribution in [0.25, 0.3) is 10.8 Å². The third kappa shape index (κ3) is 5.42. The molecule has 6 heteroatoms. The summed E-state index contributed by atoms with van der Waals surface area (Å²) in [7, 11) is 0. The van der Waals surface area contributed by atoms with Crippen LogP contribution in [0.3, 0.4) is 0 Å². The molecule has 0 bridgehead atoms. The predicted octanol–water partition coefficient (Wildman–Crippen LogP) is 3.91. The van der Waals surface area contributed by atoms with E-state index < -0.39 is 18.0 Å². The summed E-state index contributed by atoms with van der Waals surface area (Å²) in [4.78, 5) is 35.7. The Morgan fingerprint density at radius 3 is 2.31 bits per heavy atom. The molecule has 1 atom stereocenters. The number of amides is 2. The molecule has 0 aromatic heterocycles. The molecule has 0 fully saturated rings. The van der Waals surface area contributed by atoms with Crippen LogP contribution in [0.15, 0.2) is 66.7 Å². The molecule has 0 radical (unpaired) electrons. The van der Waals surface area contributed by atoms with Crippen LogP contribution in [0.4, 0.5) is 11.4 Å². The Balaban J connectivity index is 1.57. The normalized spacial score (nSPS) is 11.5. The molecule has 3 rings (SSSR count). The summed E-state index contributed by atoms with van der Waals surface area (Å²) < 4.78 is 5.27. The van der Waals surface area contributed by atoms with E-state index in [2.05, 4.69) is 10.6 Å². The van der Waals surface area contributed by atoms with Crippen LogP contribution in [0, 0.1) is 0 Å². The molecule has 29 heavy (non-hydrogen) atoms. The van der Waals surface area contributed by atoms with Crippen LogP contribution in [-0.4, -0.2) is 23.9 Å². The number of anilines is 2. The highest BCUT2D eigenvalue weighted by Crippen LogP contribution is 2.23. The van der Waals surface area contributed by atoms with Gasteiger partial charge in [0.1, 0.15) is 0 Å². The van der Waals surface area contributed by atoms with Crippen LogP contribution in [0.2, 0.25) is 0 Å². The van der Waals surface area contributed by atoms with E-state index in [1.807, 2.05) is 42.5 Å². The van der Waals surface area contributed by atoms with Crippen LogP contribution < -0.4 is 10.6 Å². The van der Waals surface area contributed by atoms with Gasteiger partial charge in [-0.1, -0.05) is 48.5 Å². The SMILES string of the molecule is CC(=O)Nc1ccc(CC(=O)O[C@@H](C)C(=O)Nc2cccc3ccccc23)cc1. The van der Waals surface area contributed by atoms with Gasteiger partial charge in [0, 0.05) is 23.7 Å². The minimum atomic E-state index is -0.930. The highest BCUT2D eigenvalue weighted by atomic mass is 16.5. The maximum atomic E-state index is 12.5. The van der Waals surface area contributed by atoms with Gasteiger partial charge < -0.3 is 15.4 Å². The number of hydrogen-bond acceptors (Lipinski definition) is 4. The summed E-state index contributed by atoms with van der Waals surface area (Å²) in [6.07, 6.45) is -0.896. The lowest BCUT2D eigenvalue weighted by Crippen LogP contribution is -2.30. The van der Waals surface area contributed by atoms with Crippen molar-refractivity contribution >= 4 is 39.9 Å². The van der Waals surface area contributed by atoms with Crippen LogP contribution in [-0.2, 0) is 25.5 Å². The van der Waals surface area contributed by atoms with Crippen molar-refractivity contribution in [3.05, 3.63) is 72.3 Å². The van der Waals surface area contributed by atoms with Gasteiger partial charge in [0.15, 0.2) is 6.10 Å². The molecule has 3 aromatic rings. The quantitative estimate of drug-likeness (QED) is 0.625. The molecule has 2 amide bonds. The van der Waals surface area contributed by atoms with Crippen LogP contribution >= 0.6 is 0 Å². The zero-order valence-electron chi connectivity index (χ0n) is 16.3. The number of benzene rings is 3. The molecule has 0 saturated carbocycles. The van der Waals surface area contributed by atoms with E-state index in [0.29, 0.717) is 11.4 Å². The number of hydrogen-bond donors (Lipinski definition) is 2. The lowest BCUT2D eigenvalue weighted by atomic mass is 10.1. The number of rotatable bonds is 6. The van der Waals surface area contributed by atoms with Crippen molar-refractivity contribution < 1.29 is 19.1 Å². The van der Waals surface area contributed by atoms with Crippen LogP contribution in [0.1, 0.15) is 19.4 Å². The van der Waals surface area contributed by atoms with Gasteiger partial charge in [-0.3, -0.25) is 14.4 Å². The standard InChI is InChI=1S/C23H22N2O4/c1-15(23(28)25-21-9-5-7-18-6-3-4-8-20(18)21)29-22(27)14-17-10-12-19(13-11-17)24-16(2)26/h3-13,15H,14H2,1-2H3,(H,24,26)(H,25,28)/t15-/m0/s1. The average Bonchev–Trinajstić information content (AvgIpc) is 2.69. The Morgan fingerprint density at radius 2 is 1.59 bits per heavy atom. The molecule has 0 unspecified atom stereocenters. The van der Waals surface area contributed by atoms with Gasteiger partial charge in [-0.25, -0.2) is 0 Å². The summed E-state index contributed by atoms with van der Waals surface area (Å²) in [5, 5.41) is 7.41. The van der Waals surface area contributed by atoms with Crippen molar-refractivity contribution in [3.8, 4) is 0 Å². The second-order valence-electron chi connectivity index (χ2n) is 6.70. The number of fused-ring (bicyclic) bond motifs is 1. The predicted molar refractivity (Wildman–Crippen MR) is 113 cm³/mol. The van der Waals surface area contributed by atoms with E-state index in [9.17, 15) is 14.4 Å². The maximum absolute atomic E-state index is 12.5. The molecule has 0 spiro atoms. The van der Waals surface area contributed by atoms with Gasteiger partial charge >= 0.3 is 5.97 Å². The average molecular weight is 390 g/mol. The molecule has 0 aliphatic rings. The molecule has 0 heterocycles. The van der Waals surface area contributed by atoms with Gasteiger partial charge in [0.05, 0.1) is 6.42 Å². The fourth-order valence-electron chi connectivity index (χ4n) is 2.94. The Bertz CT molecular complexity index is 1040. The summed E-state index contributed by atoms with van der Waals surface area (Å²) in [5.74, 6) is -1.06. The molecule has 3 aromatic carbocycles. The topological polar surface area (TPSA) is 84.5 Å². The molecular weight excluding hydrogens is 368 g/mol. The Hall–Kier alpha value is -3.67. The molecule has 6 nitrogen and oxygen atoms in total. The van der Waals surface area contributed by atoms with Crippen molar-refractivity contribution in [2.45, 2.75) is 26.4 Å². The minimum Gasteiger partial charge on any atom is -0.452 e. The van der Waals surface area contributed by atoms with E-state index in [1.54, 1.807) is 24.3 Å². The van der Waals surface area contributed by atoms with Gasteiger partial charge in [-0.15, -0.1) is 0 Å². The maximum Gasteiger partial charge on any atom is 0.311 e. The van der Waals surface area contributed by atoms with Crippen molar-refractivity contribution in [2.24, 2.45) is 0 Å². The summed E-state index contributed by atoms with van der Waals surface area (Å²) in [5.41, 5.74) is 2.05. The van der Waals surface area contributed by atoms with Crippen LogP contribution in [0.5, 0.6) is 0 Å². The molecule has 148 valence electrons. The van der Waals surface area contributed by atoms with Crippen molar-refractivity contribution in [1.29, 1.82) is 0 Å². The fraction of sp³-hybridized carbons (Fsp3) is 0.174. The first-order valence-electron chi connectivity index (χ1n) is 9.27. The van der Waals surface area contributed by atoms with Gasteiger partial charge in [-0.05, 0) is 36.1 Å². The number of nitrogens with one attached hydrogen (secondary N) is 2. The molecule has 2 N–H and O–H groups in total. The highest BCUT2D eigenvalue weighted by Gasteiger charge is 2.19. The van der Waals surface area contributed by atoms with Crippen molar-refractivity contribution in [2.75, 3.05) is 10.6 Å². The van der Waals surface area contributed by atoms with E-state index >= 15 is 0 Å². The van der Waals surface area contributed by atoms with E-state index in [0.717, 1.165) is 16.3 Å². The second-order valence-corrected chi connectivity index (χ2v) is 6.70. The number of esters is 1. The lowest BCUT2D eigenvalue weighted by Gasteiger charge is -2.15. The molecule has 0 saturated heterocycles. The Morgan fingerprint density at radius 1 is 0.897 bits per heavy atom. The van der Waals surface area contributed by atoms with Gasteiger partial charge in [0.2, 0.25) is 5.91 Å². The number of carbonyl (C=O) groups excluding carboxylic acids is 3. The van der Waals surface area contributed by atoms with E-state index in [4.69, 9.17) is 4.74 Å². The van der Waals surface area contributed by atoms with E-state index in [1.165, 1.54) is 13.8 Å². The smallest absolute Gasteiger partial charge is 0.311 e. The third-order valence-corrected chi connectivity index (χ3v) is 4.35. The molecular formula is C23H22N2O4. The van der Waals surface area contributed by atoms with Crippen molar-refractivity contribution in [1.82, 2.24) is 0 Å². The summed E-state index contributed by atoms with van der Waals surface area (Å²) >= 11 is 0. The lowest BCUT2D eigenvalue weighted by molar-refractivity contribution is -0.152. The zero-order valence-corrected chi connectivity index (χ0v) is 16.3. The van der Waals surface area contributed by atoms with E-state index in [-0.39, 0.29) is 12.3 Å². The monoisotopic (exact) mass is 390 g/mol. The fourth-order valence-corrected chi connectivity index (χ4v) is 2.94. The first kappa shape index (κ1) is 20.1. The third-order valence-electron chi connectivity index (χ3n) is 4.35. The number of carbonyl (C=O) groups is 3. The second kappa shape index (κ2) is 9.01. The first-order chi connectivity index (χ1) is 13.9. The molecule has 0 aliphatic carbocycles. The van der Waals surface area contributed by atoms with Gasteiger partial charge in [-0.2, -0.15) is 0 Å². The van der Waals surface area contributed by atoms with Crippen molar-refractivity contribution in [3.63, 3.8) is 0 Å². The minimum absolute atomic E-state index is 0.0340. The Labute approximate surface area is 168 Å². The molecule has 0 aliphatic heterocycles. The Kier molecular flexibility index (Phi) is 6.24. The highest BCUT2D eigenvalue weighted by molar-refractivity contribution is 6.03. The summed E-state index contributed by atoms with van der Waals surface area (Å²) in [6, 6.07) is 20.2. The first-order valence-corrected chi connectivity index (χ1v) is 9.27.